The second kappa shape index (κ2) is 14.5. The van der Waals surface area contributed by atoms with Gasteiger partial charge in [0.25, 0.3) is 0 Å². The van der Waals surface area contributed by atoms with Gasteiger partial charge in [-0.1, -0.05) is 53.4 Å². The molecular weight excluding hydrogens is 424 g/mol. The molecule has 0 aliphatic rings. The summed E-state index contributed by atoms with van der Waals surface area (Å²) in [5, 5.41) is 0. The third-order valence-corrected chi connectivity index (χ3v) is 5.41. The molecule has 178 valence electrons. The highest BCUT2D eigenvalue weighted by molar-refractivity contribution is 7.87. The zero-order chi connectivity index (χ0) is 23.2. The Morgan fingerprint density at radius 2 is 0.931 bits per heavy atom. The normalized spacial score (nSPS) is 13.2. The van der Waals surface area contributed by atoms with E-state index in [2.05, 4.69) is 27.7 Å². The molecule has 0 aromatic carbocycles. The van der Waals surface area contributed by atoms with Gasteiger partial charge >= 0.3 is 22.0 Å². The smallest absolute Gasteiger partial charge is 0.324 e. The topological polar surface area (TPSA) is 43.4 Å². The Morgan fingerprint density at radius 1 is 0.655 bits per heavy atom. The molecule has 0 heterocycles. The highest BCUT2D eigenvalue weighted by Crippen LogP contribution is 2.30. The van der Waals surface area contributed by atoms with E-state index >= 15 is 0 Å². The van der Waals surface area contributed by atoms with Crippen molar-refractivity contribution in [1.82, 2.24) is 0 Å². The summed E-state index contributed by atoms with van der Waals surface area (Å²) in [4.78, 5) is 0. The Hall–Kier alpha value is -0.550. The lowest BCUT2D eigenvalue weighted by Gasteiger charge is -2.39. The van der Waals surface area contributed by atoms with E-state index in [1.165, 1.54) is 82.0 Å². The maximum Gasteiger partial charge on any atom is 0.537 e. The van der Waals surface area contributed by atoms with E-state index in [4.69, 9.17) is 0 Å². The monoisotopic (exact) mass is 460 g/mol. The van der Waals surface area contributed by atoms with Crippen LogP contribution in [0.5, 0.6) is 0 Å². The number of alkyl halides is 6. The van der Waals surface area contributed by atoms with Gasteiger partial charge in [-0.3, -0.25) is 0 Å². The first-order valence-electron chi connectivity index (χ1n) is 10.1. The van der Waals surface area contributed by atoms with Crippen LogP contribution in [0.3, 0.4) is 0 Å². The van der Waals surface area contributed by atoms with Crippen molar-refractivity contribution in [2.75, 3.05) is 26.2 Å². The molecule has 0 N–H and O–H groups in total. The number of hydrogen-bond donors (Lipinski definition) is 0. The second-order valence-corrected chi connectivity index (χ2v) is 8.62. The van der Waals surface area contributed by atoms with Crippen molar-refractivity contribution in [3.63, 3.8) is 0 Å². The first kappa shape index (κ1) is 30.6. The molecule has 29 heavy (non-hydrogen) atoms. The van der Waals surface area contributed by atoms with Crippen molar-refractivity contribution in [2.45, 2.75) is 90.9 Å². The fourth-order valence-electron chi connectivity index (χ4n) is 2.82. The van der Waals surface area contributed by atoms with E-state index in [-0.39, 0.29) is 0 Å². The van der Waals surface area contributed by atoms with Crippen LogP contribution in [0.2, 0.25) is 0 Å². The summed E-state index contributed by atoms with van der Waals surface area (Å²) < 4.78 is 88.9. The fraction of sp³-hybridized carbons (Fsp3) is 1.00. The predicted octanol–water partition coefficient (Wildman–Crippen LogP) is 6.38. The molecule has 0 aliphatic heterocycles. The average Bonchev–Trinajstić information content (AvgIpc) is 2.58. The molecule has 0 bridgehead atoms. The number of unbranched alkanes of at least 4 members (excludes halogenated alkanes) is 4. The van der Waals surface area contributed by atoms with Crippen molar-refractivity contribution in [2.24, 2.45) is 0 Å². The Morgan fingerprint density at radius 3 is 1.07 bits per heavy atom. The van der Waals surface area contributed by atoms with E-state index in [0.29, 0.717) is 0 Å². The summed E-state index contributed by atoms with van der Waals surface area (Å²) in [5.41, 5.74) is -6.07. The second-order valence-electron chi connectivity index (χ2n) is 7.08. The first-order valence-corrected chi connectivity index (χ1v) is 11.5. The van der Waals surface area contributed by atoms with E-state index < -0.39 is 22.0 Å². The summed E-state index contributed by atoms with van der Waals surface area (Å²) in [5.74, 6) is 0. The third-order valence-electron chi connectivity index (χ3n) is 4.43. The molecule has 4 nitrogen and oxygen atoms in total. The largest absolute Gasteiger partial charge is 0.537 e. The highest BCUT2D eigenvalue weighted by atomic mass is 32.2. The molecule has 11 heteroatoms. The van der Waals surface area contributed by atoms with Gasteiger partial charge in [-0.05, 0) is 25.7 Å². The van der Waals surface area contributed by atoms with Crippen LogP contribution in [0, 0.1) is 0 Å². The van der Waals surface area contributed by atoms with Crippen LogP contribution in [0.1, 0.15) is 79.1 Å². The maximum absolute atomic E-state index is 11.2. The average molecular weight is 461 g/mol. The minimum Gasteiger partial charge on any atom is -0.324 e. The van der Waals surface area contributed by atoms with Gasteiger partial charge in [-0.25, -0.2) is 0 Å². The molecular formula is C18H36F6NO3S+. The molecule has 0 spiro atoms. The van der Waals surface area contributed by atoms with Crippen molar-refractivity contribution in [3.8, 4) is 0 Å². The van der Waals surface area contributed by atoms with Gasteiger partial charge < -0.3 is 4.48 Å². The quantitative estimate of drug-likeness (QED) is 0.139. The Kier molecular flexibility index (Phi) is 15.3. The zero-order valence-electron chi connectivity index (χ0n) is 17.8. The zero-order valence-corrected chi connectivity index (χ0v) is 18.6. The summed E-state index contributed by atoms with van der Waals surface area (Å²) in [6, 6.07) is 0. The summed E-state index contributed by atoms with van der Waals surface area (Å²) >= 11 is 0. The predicted molar refractivity (Wildman–Crippen MR) is 101 cm³/mol. The fourth-order valence-corrected chi connectivity index (χ4v) is 3.16. The molecule has 0 atom stereocenters. The van der Waals surface area contributed by atoms with Crippen molar-refractivity contribution in [3.05, 3.63) is 0 Å². The Labute approximate surface area is 171 Å². The molecule has 0 saturated heterocycles. The number of nitrogens with zero attached hydrogens (tertiary/aromatic N) is 1. The van der Waals surface area contributed by atoms with Gasteiger partial charge in [-0.15, -0.1) is 13.2 Å². The maximum atomic E-state index is 11.2. The molecule has 0 unspecified atom stereocenters. The minimum atomic E-state index is -6.58. The van der Waals surface area contributed by atoms with Gasteiger partial charge in [0.05, 0.1) is 26.2 Å². The van der Waals surface area contributed by atoms with Gasteiger partial charge in [0.1, 0.15) is 0 Å². The molecule has 0 aliphatic carbocycles. The molecule has 0 radical (unpaired) electrons. The van der Waals surface area contributed by atoms with Crippen molar-refractivity contribution in [1.29, 1.82) is 0 Å². The van der Waals surface area contributed by atoms with Crippen molar-refractivity contribution >= 4 is 10.1 Å². The van der Waals surface area contributed by atoms with Crippen LogP contribution < -0.4 is 0 Å². The molecule has 0 aromatic heterocycles. The lowest BCUT2D eigenvalue weighted by Crippen LogP contribution is -2.50. The summed E-state index contributed by atoms with van der Waals surface area (Å²) in [6.45, 7) is 15.0. The third kappa shape index (κ3) is 15.0. The van der Waals surface area contributed by atoms with Crippen LogP contribution >= 0.6 is 0 Å². The van der Waals surface area contributed by atoms with Gasteiger partial charge in [0.15, 0.2) is 0 Å². The molecule has 0 fully saturated rings. The van der Waals surface area contributed by atoms with E-state index in [1.54, 1.807) is 0 Å². The van der Waals surface area contributed by atoms with E-state index in [0.717, 1.165) is 0 Å². The minimum absolute atomic E-state index is 1.35. The standard InChI is InChI=1S/C16H36N.C2F6O3S/c1-5-9-13-17(14-10-6-2,15-11-7-3)16-12-8-4;3-1(4,5)11-12(9,10)2(6,7)8/h5-16H2,1-4H3;/q+1;. The summed E-state index contributed by atoms with van der Waals surface area (Å²) in [6.07, 6.45) is 5.19. The Bertz CT molecular complexity index is 469. The van der Waals surface area contributed by atoms with Gasteiger partial charge in [0, 0.05) is 0 Å². The van der Waals surface area contributed by atoms with Crippen LogP contribution in [-0.2, 0) is 14.3 Å². The Balaban J connectivity index is 0. The number of hydrogen-bond acceptors (Lipinski definition) is 3. The highest BCUT2D eigenvalue weighted by Gasteiger charge is 2.53. The van der Waals surface area contributed by atoms with Crippen molar-refractivity contribution < 1.29 is 43.4 Å². The van der Waals surface area contributed by atoms with Crippen LogP contribution in [0.25, 0.3) is 0 Å². The molecule has 0 amide bonds. The number of quaternary nitrogens is 1. The molecule has 0 rings (SSSR count). The first-order chi connectivity index (χ1) is 13.2. The lowest BCUT2D eigenvalue weighted by molar-refractivity contribution is -0.929. The van der Waals surface area contributed by atoms with Crippen LogP contribution in [0.15, 0.2) is 0 Å². The lowest BCUT2D eigenvalue weighted by atomic mass is 10.1. The van der Waals surface area contributed by atoms with Crippen LogP contribution in [0.4, 0.5) is 26.3 Å². The number of halogens is 6. The number of rotatable bonds is 13. The molecule has 0 aromatic rings. The van der Waals surface area contributed by atoms with E-state index in [9.17, 15) is 34.8 Å². The van der Waals surface area contributed by atoms with E-state index in [1.807, 2.05) is 4.18 Å². The van der Waals surface area contributed by atoms with Crippen LogP contribution in [-0.4, -0.2) is 51.0 Å². The molecule has 0 saturated carbocycles. The van der Waals surface area contributed by atoms with Gasteiger partial charge in [-0.2, -0.15) is 25.8 Å². The SMILES string of the molecule is CCCC[N+](CCCC)(CCCC)CCCC.O=S(=O)(OC(F)(F)F)C(F)(F)F. The summed E-state index contributed by atoms with van der Waals surface area (Å²) in [7, 11) is -6.58. The van der Waals surface area contributed by atoms with Gasteiger partial charge in [0.2, 0.25) is 0 Å².